The lowest BCUT2D eigenvalue weighted by Crippen LogP contribution is -2.16. The topological polar surface area (TPSA) is 3.24 Å². The molecule has 0 aliphatic heterocycles. The highest BCUT2D eigenvalue weighted by atomic mass is 15.1. The van der Waals surface area contributed by atoms with Crippen molar-refractivity contribution in [1.82, 2.24) is 0 Å². The third-order valence-electron chi connectivity index (χ3n) is 15.0. The largest absolute Gasteiger partial charge is 0.310 e. The second-order valence-electron chi connectivity index (χ2n) is 18.7. The molecule has 292 valence electrons. The van der Waals surface area contributed by atoms with Gasteiger partial charge in [-0.3, -0.25) is 0 Å². The molecule has 11 rings (SSSR count). The number of rotatable bonds is 8. The lowest BCUT2D eigenvalue weighted by molar-refractivity contribution is 0.420. The molecule has 0 heterocycles. The lowest BCUT2D eigenvalue weighted by atomic mass is 9.81. The number of fused-ring (bicyclic) bond motifs is 5. The molecule has 0 saturated heterocycles. The van der Waals surface area contributed by atoms with E-state index in [-0.39, 0.29) is 5.41 Å². The molecule has 4 aliphatic rings. The van der Waals surface area contributed by atoms with Crippen LogP contribution in [0.25, 0.3) is 44.5 Å². The number of nitrogens with zero attached hydrogens (tertiary/aromatic N) is 1. The Morgan fingerprint density at radius 3 is 1.78 bits per heavy atom. The van der Waals surface area contributed by atoms with Gasteiger partial charge in [0, 0.05) is 22.5 Å². The zero-order valence-corrected chi connectivity index (χ0v) is 34.7. The first-order chi connectivity index (χ1) is 29.0. The number of anilines is 3. The minimum Gasteiger partial charge on any atom is -0.310 e. The van der Waals surface area contributed by atoms with E-state index in [4.69, 9.17) is 0 Å². The Bertz CT molecular complexity index is 2610. The summed E-state index contributed by atoms with van der Waals surface area (Å²) in [6.45, 7) is 4.81. The van der Waals surface area contributed by atoms with E-state index in [1.165, 1.54) is 142 Å². The fraction of sp³-hybridized carbons (Fsp3) is 0.276. The molecule has 1 nitrogen and oxygen atoms in total. The van der Waals surface area contributed by atoms with Gasteiger partial charge in [-0.1, -0.05) is 161 Å². The molecule has 59 heavy (non-hydrogen) atoms. The monoisotopic (exact) mass is 765 g/mol. The van der Waals surface area contributed by atoms with E-state index in [0.29, 0.717) is 5.92 Å². The van der Waals surface area contributed by atoms with Crippen LogP contribution in [0.2, 0.25) is 0 Å². The molecule has 0 N–H and O–H groups in total. The Hall–Kier alpha value is -5.66. The molecule has 3 unspecified atom stereocenters. The van der Waals surface area contributed by atoms with E-state index in [0.717, 1.165) is 17.8 Å². The molecule has 3 saturated carbocycles. The Morgan fingerprint density at radius 1 is 0.441 bits per heavy atom. The highest BCUT2D eigenvalue weighted by Crippen LogP contribution is 2.54. The standard InChI is InChI=1S/C58H55N/c1-58(2)56-34-27-46(42-21-19-41(20-22-42)40-11-5-3-6-12-40)37-55(56)53-33-32-50(38-57(53)58)59(49-30-25-45(26-31-49)54-36-39-17-18-47(54)35-39)48-28-23-44(24-29-48)52-16-10-9-15-51(52)43-13-7-4-8-14-43/h3,5-6,9-12,15-16,19-34,37-39,43,47,54H,4,7-8,13-14,17-18,35-36H2,1-2H3. The SMILES string of the molecule is CC1(C)c2ccc(-c3ccc(-c4ccccc4)cc3)cc2-c2ccc(N(c3ccc(-c4ccccc4C4CCCCC4)cc3)c3ccc(C4CC5CCC4C5)cc3)cc21. The van der Waals surface area contributed by atoms with Gasteiger partial charge >= 0.3 is 0 Å². The molecule has 0 radical (unpaired) electrons. The smallest absolute Gasteiger partial charge is 0.0465 e. The molecule has 7 aromatic carbocycles. The lowest BCUT2D eigenvalue weighted by Gasteiger charge is -2.29. The zero-order chi connectivity index (χ0) is 39.5. The molecule has 1 heteroatoms. The van der Waals surface area contributed by atoms with Crippen LogP contribution in [0.4, 0.5) is 17.1 Å². The second-order valence-corrected chi connectivity index (χ2v) is 18.7. The van der Waals surface area contributed by atoms with Gasteiger partial charge in [-0.25, -0.2) is 0 Å². The number of benzene rings is 7. The van der Waals surface area contributed by atoms with Crippen LogP contribution < -0.4 is 4.90 Å². The van der Waals surface area contributed by atoms with Crippen molar-refractivity contribution in [2.75, 3.05) is 4.90 Å². The molecule has 7 aromatic rings. The van der Waals surface area contributed by atoms with Crippen molar-refractivity contribution in [1.29, 1.82) is 0 Å². The van der Waals surface area contributed by atoms with Gasteiger partial charge in [0.25, 0.3) is 0 Å². The summed E-state index contributed by atoms with van der Waals surface area (Å²) in [4.78, 5) is 2.50. The maximum Gasteiger partial charge on any atom is 0.0465 e. The molecule has 3 atom stereocenters. The first kappa shape index (κ1) is 36.4. The molecule has 4 aliphatic carbocycles. The summed E-state index contributed by atoms with van der Waals surface area (Å²) in [6.07, 6.45) is 12.4. The zero-order valence-electron chi connectivity index (χ0n) is 34.7. The van der Waals surface area contributed by atoms with Crippen molar-refractivity contribution >= 4 is 17.1 Å². The normalized spacial score (nSPS) is 20.3. The van der Waals surface area contributed by atoms with Crippen LogP contribution in [-0.4, -0.2) is 0 Å². The van der Waals surface area contributed by atoms with E-state index in [2.05, 4.69) is 183 Å². The maximum atomic E-state index is 2.50. The predicted octanol–water partition coefficient (Wildman–Crippen LogP) is 16.4. The van der Waals surface area contributed by atoms with Gasteiger partial charge in [0.05, 0.1) is 0 Å². The summed E-state index contributed by atoms with van der Waals surface area (Å²) < 4.78 is 0. The summed E-state index contributed by atoms with van der Waals surface area (Å²) in [5, 5.41) is 0. The van der Waals surface area contributed by atoms with E-state index in [1.54, 1.807) is 0 Å². The average Bonchev–Trinajstić information content (AvgIpc) is 4.00. The summed E-state index contributed by atoms with van der Waals surface area (Å²) in [5.74, 6) is 3.21. The first-order valence-electron chi connectivity index (χ1n) is 22.5. The molecular weight excluding hydrogens is 711 g/mol. The first-order valence-corrected chi connectivity index (χ1v) is 22.5. The molecule has 0 spiro atoms. The van der Waals surface area contributed by atoms with Crippen LogP contribution in [-0.2, 0) is 5.41 Å². The minimum atomic E-state index is -0.125. The Morgan fingerprint density at radius 2 is 1.07 bits per heavy atom. The molecule has 0 amide bonds. The van der Waals surface area contributed by atoms with Crippen LogP contribution in [0.15, 0.2) is 164 Å². The second kappa shape index (κ2) is 14.9. The summed E-state index contributed by atoms with van der Waals surface area (Å²) >= 11 is 0. The predicted molar refractivity (Wildman–Crippen MR) is 249 cm³/mol. The van der Waals surface area contributed by atoms with Gasteiger partial charge in [-0.05, 0) is 165 Å². The summed E-state index contributed by atoms with van der Waals surface area (Å²) in [6, 6.07) is 62.4. The minimum absolute atomic E-state index is 0.125. The van der Waals surface area contributed by atoms with Gasteiger partial charge in [0.15, 0.2) is 0 Å². The fourth-order valence-electron chi connectivity index (χ4n) is 11.8. The Labute approximate surface area is 351 Å². The van der Waals surface area contributed by atoms with Crippen molar-refractivity contribution in [3.8, 4) is 44.5 Å². The van der Waals surface area contributed by atoms with Crippen LogP contribution >= 0.6 is 0 Å². The fourth-order valence-corrected chi connectivity index (χ4v) is 11.8. The summed E-state index contributed by atoms with van der Waals surface area (Å²) in [5.41, 5.74) is 19.8. The van der Waals surface area contributed by atoms with Crippen molar-refractivity contribution in [2.24, 2.45) is 11.8 Å². The van der Waals surface area contributed by atoms with E-state index < -0.39 is 0 Å². The van der Waals surface area contributed by atoms with Crippen molar-refractivity contribution in [3.05, 3.63) is 186 Å². The van der Waals surface area contributed by atoms with E-state index >= 15 is 0 Å². The van der Waals surface area contributed by atoms with E-state index in [1.807, 2.05) is 0 Å². The van der Waals surface area contributed by atoms with Gasteiger partial charge in [-0.15, -0.1) is 0 Å². The third kappa shape index (κ3) is 6.55. The van der Waals surface area contributed by atoms with Crippen molar-refractivity contribution < 1.29 is 0 Å². The highest BCUT2D eigenvalue weighted by Gasteiger charge is 2.40. The van der Waals surface area contributed by atoms with Gasteiger partial charge < -0.3 is 4.90 Å². The van der Waals surface area contributed by atoms with Crippen LogP contribution in [0.1, 0.15) is 106 Å². The molecular formula is C58H55N. The van der Waals surface area contributed by atoms with E-state index in [9.17, 15) is 0 Å². The van der Waals surface area contributed by atoms with Gasteiger partial charge in [0.2, 0.25) is 0 Å². The quantitative estimate of drug-likeness (QED) is 0.149. The Balaban J connectivity index is 0.956. The van der Waals surface area contributed by atoms with Gasteiger partial charge in [-0.2, -0.15) is 0 Å². The van der Waals surface area contributed by atoms with Crippen LogP contribution in [0.3, 0.4) is 0 Å². The van der Waals surface area contributed by atoms with Crippen molar-refractivity contribution in [2.45, 2.75) is 88.9 Å². The summed E-state index contributed by atoms with van der Waals surface area (Å²) in [7, 11) is 0. The van der Waals surface area contributed by atoms with Gasteiger partial charge in [0.1, 0.15) is 0 Å². The van der Waals surface area contributed by atoms with Crippen molar-refractivity contribution in [3.63, 3.8) is 0 Å². The number of hydrogen-bond acceptors (Lipinski definition) is 1. The molecule has 2 bridgehead atoms. The highest BCUT2D eigenvalue weighted by molar-refractivity contribution is 5.88. The van der Waals surface area contributed by atoms with Crippen LogP contribution in [0.5, 0.6) is 0 Å². The Kier molecular flexibility index (Phi) is 9.18. The third-order valence-corrected chi connectivity index (χ3v) is 15.0. The molecule has 3 fully saturated rings. The molecule has 0 aromatic heterocycles. The van der Waals surface area contributed by atoms with Crippen LogP contribution in [0, 0.1) is 11.8 Å². The maximum absolute atomic E-state index is 2.50. The average molecular weight is 766 g/mol. The number of hydrogen-bond donors (Lipinski definition) is 0.